The standard InChI is InChI=1S/C18H30ClN/c1-4-6-7-8-9-10-11-18(20-5-2)17-13-12-16(19)14-15(17)3/h12-14,18,20H,4-11H2,1-3H3. The first-order valence-electron chi connectivity index (χ1n) is 8.18. The van der Waals surface area contributed by atoms with Crippen LogP contribution in [0.25, 0.3) is 0 Å². The second-order valence-electron chi connectivity index (χ2n) is 5.67. The molecule has 0 heterocycles. The summed E-state index contributed by atoms with van der Waals surface area (Å²) in [6.07, 6.45) is 9.37. The van der Waals surface area contributed by atoms with Crippen LogP contribution in [0.1, 0.15) is 76.0 Å². The molecule has 1 N–H and O–H groups in total. The predicted molar refractivity (Wildman–Crippen MR) is 90.6 cm³/mol. The van der Waals surface area contributed by atoms with Crippen LogP contribution in [0.2, 0.25) is 5.02 Å². The summed E-state index contributed by atoms with van der Waals surface area (Å²) in [4.78, 5) is 0. The van der Waals surface area contributed by atoms with Crippen molar-refractivity contribution in [3.63, 3.8) is 0 Å². The van der Waals surface area contributed by atoms with E-state index in [-0.39, 0.29) is 0 Å². The average molecular weight is 296 g/mol. The van der Waals surface area contributed by atoms with E-state index in [4.69, 9.17) is 11.6 Å². The molecule has 2 heteroatoms. The van der Waals surface area contributed by atoms with E-state index in [2.05, 4.69) is 38.2 Å². The molecule has 0 saturated carbocycles. The normalized spacial score (nSPS) is 12.6. The van der Waals surface area contributed by atoms with Gasteiger partial charge in [-0.25, -0.2) is 0 Å². The van der Waals surface area contributed by atoms with Gasteiger partial charge in [-0.2, -0.15) is 0 Å². The van der Waals surface area contributed by atoms with E-state index in [1.165, 1.54) is 56.1 Å². The van der Waals surface area contributed by atoms with Crippen LogP contribution in [0.4, 0.5) is 0 Å². The van der Waals surface area contributed by atoms with E-state index >= 15 is 0 Å². The minimum absolute atomic E-state index is 0.475. The van der Waals surface area contributed by atoms with Crippen molar-refractivity contribution in [1.29, 1.82) is 0 Å². The molecule has 1 aromatic carbocycles. The SMILES string of the molecule is CCCCCCCCC(NCC)c1ccc(Cl)cc1C. The molecule has 114 valence electrons. The Bertz CT molecular complexity index is 376. The quantitative estimate of drug-likeness (QED) is 0.518. The number of hydrogen-bond acceptors (Lipinski definition) is 1. The maximum absolute atomic E-state index is 6.05. The molecule has 0 aromatic heterocycles. The highest BCUT2D eigenvalue weighted by Gasteiger charge is 2.12. The fraction of sp³-hybridized carbons (Fsp3) is 0.667. The number of nitrogens with one attached hydrogen (secondary N) is 1. The molecule has 0 radical (unpaired) electrons. The molecule has 1 atom stereocenters. The van der Waals surface area contributed by atoms with E-state index in [1.54, 1.807) is 0 Å². The van der Waals surface area contributed by atoms with Gasteiger partial charge in [-0.05, 0) is 43.1 Å². The molecule has 0 spiro atoms. The Kier molecular flexibility index (Phi) is 8.97. The summed E-state index contributed by atoms with van der Waals surface area (Å²) in [5, 5.41) is 4.45. The monoisotopic (exact) mass is 295 g/mol. The van der Waals surface area contributed by atoms with E-state index in [0.717, 1.165) is 11.6 Å². The van der Waals surface area contributed by atoms with Crippen LogP contribution in [0.5, 0.6) is 0 Å². The Morgan fingerprint density at radius 2 is 1.75 bits per heavy atom. The van der Waals surface area contributed by atoms with Crippen molar-refractivity contribution in [3.8, 4) is 0 Å². The lowest BCUT2D eigenvalue weighted by Crippen LogP contribution is -2.21. The molecule has 0 aliphatic carbocycles. The van der Waals surface area contributed by atoms with Crippen LogP contribution in [0.3, 0.4) is 0 Å². The second kappa shape index (κ2) is 10.2. The number of aryl methyl sites for hydroxylation is 1. The predicted octanol–water partition coefficient (Wildman–Crippen LogP) is 6.05. The molecule has 0 saturated heterocycles. The van der Waals surface area contributed by atoms with Crippen LogP contribution >= 0.6 is 11.6 Å². The van der Waals surface area contributed by atoms with Crippen LogP contribution in [-0.4, -0.2) is 6.54 Å². The molecule has 1 aromatic rings. The van der Waals surface area contributed by atoms with Crippen molar-refractivity contribution in [3.05, 3.63) is 34.3 Å². The molecule has 0 bridgehead atoms. The minimum atomic E-state index is 0.475. The minimum Gasteiger partial charge on any atom is -0.310 e. The Balaban J connectivity index is 2.47. The lowest BCUT2D eigenvalue weighted by molar-refractivity contribution is 0.475. The summed E-state index contributed by atoms with van der Waals surface area (Å²) in [6.45, 7) is 7.62. The highest BCUT2D eigenvalue weighted by molar-refractivity contribution is 6.30. The third-order valence-electron chi connectivity index (χ3n) is 3.90. The first kappa shape index (κ1) is 17.5. The molecule has 0 amide bonds. The van der Waals surface area contributed by atoms with Crippen molar-refractivity contribution in [1.82, 2.24) is 5.32 Å². The lowest BCUT2D eigenvalue weighted by atomic mass is 9.96. The second-order valence-corrected chi connectivity index (χ2v) is 6.10. The van der Waals surface area contributed by atoms with Gasteiger partial charge in [-0.3, -0.25) is 0 Å². The number of halogens is 1. The topological polar surface area (TPSA) is 12.0 Å². The van der Waals surface area contributed by atoms with Crippen molar-refractivity contribution in [2.24, 2.45) is 0 Å². The van der Waals surface area contributed by atoms with Crippen LogP contribution in [0.15, 0.2) is 18.2 Å². The third kappa shape index (κ3) is 6.28. The van der Waals surface area contributed by atoms with Crippen LogP contribution in [0, 0.1) is 6.92 Å². The molecule has 0 aliphatic rings. The van der Waals surface area contributed by atoms with Crippen LogP contribution in [-0.2, 0) is 0 Å². The number of rotatable bonds is 10. The number of hydrogen-bond donors (Lipinski definition) is 1. The smallest absolute Gasteiger partial charge is 0.0408 e. The van der Waals surface area contributed by atoms with Gasteiger partial charge in [0.05, 0.1) is 0 Å². The zero-order chi connectivity index (χ0) is 14.8. The molecule has 1 unspecified atom stereocenters. The Labute approximate surface area is 130 Å². The van der Waals surface area contributed by atoms with Gasteiger partial charge >= 0.3 is 0 Å². The maximum Gasteiger partial charge on any atom is 0.0408 e. The zero-order valence-electron chi connectivity index (χ0n) is 13.3. The maximum atomic E-state index is 6.05. The van der Waals surface area contributed by atoms with Gasteiger partial charge in [0.2, 0.25) is 0 Å². The van der Waals surface area contributed by atoms with E-state index in [0.29, 0.717) is 6.04 Å². The van der Waals surface area contributed by atoms with Gasteiger partial charge in [0.15, 0.2) is 0 Å². The summed E-state index contributed by atoms with van der Waals surface area (Å²) in [5.41, 5.74) is 2.71. The van der Waals surface area contributed by atoms with Gasteiger partial charge in [-0.15, -0.1) is 0 Å². The third-order valence-corrected chi connectivity index (χ3v) is 4.14. The van der Waals surface area contributed by atoms with E-state index < -0.39 is 0 Å². The van der Waals surface area contributed by atoms with Gasteiger partial charge in [0.1, 0.15) is 0 Å². The first-order chi connectivity index (χ1) is 9.69. The van der Waals surface area contributed by atoms with Gasteiger partial charge in [-0.1, -0.05) is 70.0 Å². The lowest BCUT2D eigenvalue weighted by Gasteiger charge is -2.20. The number of unbranched alkanes of at least 4 members (excludes halogenated alkanes) is 5. The molecular weight excluding hydrogens is 266 g/mol. The molecular formula is C18H30ClN. The average Bonchev–Trinajstić information content (AvgIpc) is 2.42. The summed E-state index contributed by atoms with van der Waals surface area (Å²) in [6, 6.07) is 6.74. The Hall–Kier alpha value is -0.530. The fourth-order valence-corrected chi connectivity index (χ4v) is 3.00. The first-order valence-corrected chi connectivity index (χ1v) is 8.56. The van der Waals surface area contributed by atoms with E-state index in [1.807, 2.05) is 6.07 Å². The highest BCUT2D eigenvalue weighted by Crippen LogP contribution is 2.25. The summed E-state index contributed by atoms with van der Waals surface area (Å²) in [5.74, 6) is 0. The summed E-state index contributed by atoms with van der Waals surface area (Å²) < 4.78 is 0. The molecule has 1 nitrogen and oxygen atoms in total. The molecule has 0 fully saturated rings. The Morgan fingerprint density at radius 3 is 2.40 bits per heavy atom. The molecule has 20 heavy (non-hydrogen) atoms. The van der Waals surface area contributed by atoms with Gasteiger partial charge in [0.25, 0.3) is 0 Å². The van der Waals surface area contributed by atoms with Gasteiger partial charge < -0.3 is 5.32 Å². The number of benzene rings is 1. The van der Waals surface area contributed by atoms with Crippen LogP contribution < -0.4 is 5.32 Å². The summed E-state index contributed by atoms with van der Waals surface area (Å²) in [7, 11) is 0. The highest BCUT2D eigenvalue weighted by atomic mass is 35.5. The van der Waals surface area contributed by atoms with Crippen molar-refractivity contribution in [2.45, 2.75) is 71.8 Å². The Morgan fingerprint density at radius 1 is 1.05 bits per heavy atom. The fourth-order valence-electron chi connectivity index (χ4n) is 2.77. The van der Waals surface area contributed by atoms with Gasteiger partial charge in [0, 0.05) is 11.1 Å². The molecule has 1 rings (SSSR count). The summed E-state index contributed by atoms with van der Waals surface area (Å²) >= 11 is 6.05. The molecule has 0 aliphatic heterocycles. The van der Waals surface area contributed by atoms with E-state index in [9.17, 15) is 0 Å². The van der Waals surface area contributed by atoms with Crippen molar-refractivity contribution >= 4 is 11.6 Å². The van der Waals surface area contributed by atoms with Crippen molar-refractivity contribution in [2.75, 3.05) is 6.54 Å². The largest absolute Gasteiger partial charge is 0.310 e. The van der Waals surface area contributed by atoms with Crippen molar-refractivity contribution < 1.29 is 0 Å². The zero-order valence-corrected chi connectivity index (χ0v) is 14.1.